The number of hydrogen-bond acceptors (Lipinski definition) is 1. The van der Waals surface area contributed by atoms with Crippen LogP contribution >= 0.6 is 0 Å². The Balaban J connectivity index is 1.73. The summed E-state index contributed by atoms with van der Waals surface area (Å²) in [5.74, 6) is 0. The molecule has 14 heavy (non-hydrogen) atoms. The summed E-state index contributed by atoms with van der Waals surface area (Å²) >= 11 is 0. The second-order valence-electron chi connectivity index (χ2n) is 4.64. The zero-order valence-corrected chi connectivity index (χ0v) is 9.21. The van der Waals surface area contributed by atoms with Crippen molar-refractivity contribution in [1.29, 1.82) is 0 Å². The Hall–Kier alpha value is -0.760. The van der Waals surface area contributed by atoms with Gasteiger partial charge in [-0.05, 0) is 36.3 Å². The van der Waals surface area contributed by atoms with E-state index in [9.17, 15) is 0 Å². The van der Waals surface area contributed by atoms with E-state index in [0.29, 0.717) is 5.41 Å². The number of hydrogen-bond donors (Lipinski definition) is 1. The third-order valence-electron chi connectivity index (χ3n) is 3.43. The van der Waals surface area contributed by atoms with Crippen LogP contribution in [0, 0.1) is 5.41 Å². The molecule has 0 saturated heterocycles. The Morgan fingerprint density at radius 3 is 2.79 bits per heavy atom. The van der Waals surface area contributed by atoms with Crippen molar-refractivity contribution in [2.45, 2.75) is 32.7 Å². The number of nitrogens with one attached hydrogen (secondary N) is 1. The quantitative estimate of drug-likeness (QED) is 0.757. The summed E-state index contributed by atoms with van der Waals surface area (Å²) in [6, 6.07) is 2.18. The van der Waals surface area contributed by atoms with Crippen molar-refractivity contribution in [1.82, 2.24) is 9.88 Å². The van der Waals surface area contributed by atoms with Crippen LogP contribution in [0.25, 0.3) is 0 Å². The lowest BCUT2D eigenvalue weighted by Gasteiger charge is -2.12. The van der Waals surface area contributed by atoms with Crippen LogP contribution in [-0.4, -0.2) is 11.1 Å². The lowest BCUT2D eigenvalue weighted by molar-refractivity contribution is 0.443. The van der Waals surface area contributed by atoms with Crippen LogP contribution < -0.4 is 5.32 Å². The van der Waals surface area contributed by atoms with E-state index in [1.807, 2.05) is 0 Å². The van der Waals surface area contributed by atoms with Gasteiger partial charge in [0.1, 0.15) is 0 Å². The minimum absolute atomic E-state index is 0.661. The molecule has 0 amide bonds. The maximum Gasteiger partial charge on any atom is 0.0220 e. The highest BCUT2D eigenvalue weighted by atomic mass is 14.9. The van der Waals surface area contributed by atoms with Crippen LogP contribution in [0.5, 0.6) is 0 Å². The standard InChI is InChI=1S/C12H20N2/c1-3-12(5-6-12)10-13-8-11-4-7-14(2)9-11/h4,7,9,13H,3,5-6,8,10H2,1-2H3. The van der Waals surface area contributed by atoms with Crippen molar-refractivity contribution in [3.63, 3.8) is 0 Å². The smallest absolute Gasteiger partial charge is 0.0220 e. The van der Waals surface area contributed by atoms with Crippen LogP contribution in [0.3, 0.4) is 0 Å². The van der Waals surface area contributed by atoms with Crippen molar-refractivity contribution < 1.29 is 0 Å². The fourth-order valence-corrected chi connectivity index (χ4v) is 1.97. The highest BCUT2D eigenvalue weighted by Crippen LogP contribution is 2.47. The largest absolute Gasteiger partial charge is 0.357 e. The maximum absolute atomic E-state index is 3.56. The zero-order chi connectivity index (χ0) is 10.0. The molecule has 2 rings (SSSR count). The molecule has 0 atom stereocenters. The van der Waals surface area contributed by atoms with Gasteiger partial charge >= 0.3 is 0 Å². The lowest BCUT2D eigenvalue weighted by Crippen LogP contribution is -2.22. The van der Waals surface area contributed by atoms with Crippen LogP contribution in [0.4, 0.5) is 0 Å². The summed E-state index contributed by atoms with van der Waals surface area (Å²) in [7, 11) is 2.07. The summed E-state index contributed by atoms with van der Waals surface area (Å²) in [6.45, 7) is 4.51. The van der Waals surface area contributed by atoms with Crippen molar-refractivity contribution in [3.8, 4) is 0 Å². The molecule has 0 spiro atoms. The van der Waals surface area contributed by atoms with Gasteiger partial charge in [0.15, 0.2) is 0 Å². The minimum Gasteiger partial charge on any atom is -0.357 e. The molecule has 2 heteroatoms. The average Bonchev–Trinajstić information content (AvgIpc) is 2.84. The Kier molecular flexibility index (Phi) is 2.64. The molecular formula is C12H20N2. The molecule has 1 N–H and O–H groups in total. The van der Waals surface area contributed by atoms with Gasteiger partial charge in [0, 0.05) is 32.5 Å². The maximum atomic E-state index is 3.56. The molecule has 1 fully saturated rings. The van der Waals surface area contributed by atoms with E-state index in [0.717, 1.165) is 6.54 Å². The van der Waals surface area contributed by atoms with Gasteiger partial charge in [-0.1, -0.05) is 6.92 Å². The minimum atomic E-state index is 0.661. The number of aromatic nitrogens is 1. The Labute approximate surface area is 86.3 Å². The molecular weight excluding hydrogens is 172 g/mol. The van der Waals surface area contributed by atoms with E-state index in [4.69, 9.17) is 0 Å². The van der Waals surface area contributed by atoms with E-state index in [1.165, 1.54) is 31.4 Å². The average molecular weight is 192 g/mol. The number of aryl methyl sites for hydroxylation is 1. The summed E-state index contributed by atoms with van der Waals surface area (Å²) < 4.78 is 2.10. The van der Waals surface area contributed by atoms with E-state index in [-0.39, 0.29) is 0 Å². The van der Waals surface area contributed by atoms with Gasteiger partial charge in [-0.15, -0.1) is 0 Å². The Morgan fingerprint density at radius 2 is 2.29 bits per heavy atom. The number of nitrogens with zero attached hydrogens (tertiary/aromatic N) is 1. The summed E-state index contributed by atoms with van der Waals surface area (Å²) in [6.07, 6.45) is 8.45. The molecule has 1 aromatic heterocycles. The van der Waals surface area contributed by atoms with Crippen LogP contribution in [0.15, 0.2) is 18.5 Å². The van der Waals surface area contributed by atoms with E-state index >= 15 is 0 Å². The first kappa shape index (κ1) is 9.78. The fourth-order valence-electron chi connectivity index (χ4n) is 1.97. The molecule has 78 valence electrons. The molecule has 1 aliphatic rings. The van der Waals surface area contributed by atoms with Gasteiger partial charge in [-0.2, -0.15) is 0 Å². The SMILES string of the molecule is CCC1(CNCc2ccn(C)c2)CC1. The second kappa shape index (κ2) is 3.77. The molecule has 0 radical (unpaired) electrons. The first-order valence-corrected chi connectivity index (χ1v) is 5.56. The summed E-state index contributed by atoms with van der Waals surface area (Å²) in [4.78, 5) is 0. The molecule has 1 saturated carbocycles. The predicted octanol–water partition coefficient (Wildman–Crippen LogP) is 2.30. The van der Waals surface area contributed by atoms with E-state index in [1.54, 1.807) is 0 Å². The Bertz CT molecular complexity index is 297. The predicted molar refractivity (Wildman–Crippen MR) is 59.1 cm³/mol. The molecule has 0 aliphatic heterocycles. The highest BCUT2D eigenvalue weighted by Gasteiger charge is 2.39. The van der Waals surface area contributed by atoms with Gasteiger partial charge in [0.05, 0.1) is 0 Å². The van der Waals surface area contributed by atoms with E-state index < -0.39 is 0 Å². The molecule has 1 heterocycles. The van der Waals surface area contributed by atoms with Crippen molar-refractivity contribution in [2.75, 3.05) is 6.54 Å². The van der Waals surface area contributed by atoms with Gasteiger partial charge in [0.2, 0.25) is 0 Å². The van der Waals surface area contributed by atoms with Crippen LogP contribution in [-0.2, 0) is 13.6 Å². The molecule has 0 unspecified atom stereocenters. The zero-order valence-electron chi connectivity index (χ0n) is 9.21. The van der Waals surface area contributed by atoms with Gasteiger partial charge < -0.3 is 9.88 Å². The van der Waals surface area contributed by atoms with Crippen molar-refractivity contribution in [2.24, 2.45) is 12.5 Å². The fraction of sp³-hybridized carbons (Fsp3) is 0.667. The lowest BCUT2D eigenvalue weighted by atomic mass is 10.0. The molecule has 1 aromatic rings. The van der Waals surface area contributed by atoms with Crippen molar-refractivity contribution >= 4 is 0 Å². The normalized spacial score (nSPS) is 18.4. The topological polar surface area (TPSA) is 17.0 Å². The number of rotatable bonds is 5. The van der Waals surface area contributed by atoms with Gasteiger partial charge in [0.25, 0.3) is 0 Å². The second-order valence-corrected chi connectivity index (χ2v) is 4.64. The molecule has 0 aromatic carbocycles. The third kappa shape index (κ3) is 2.18. The molecule has 2 nitrogen and oxygen atoms in total. The Morgan fingerprint density at radius 1 is 1.50 bits per heavy atom. The summed E-state index contributed by atoms with van der Waals surface area (Å²) in [5.41, 5.74) is 2.05. The first-order valence-electron chi connectivity index (χ1n) is 5.56. The van der Waals surface area contributed by atoms with Gasteiger partial charge in [-0.25, -0.2) is 0 Å². The summed E-state index contributed by atoms with van der Waals surface area (Å²) in [5, 5.41) is 3.56. The monoisotopic (exact) mass is 192 g/mol. The van der Waals surface area contributed by atoms with Crippen LogP contribution in [0.1, 0.15) is 31.7 Å². The van der Waals surface area contributed by atoms with Crippen LogP contribution in [0.2, 0.25) is 0 Å². The first-order chi connectivity index (χ1) is 6.74. The van der Waals surface area contributed by atoms with E-state index in [2.05, 4.69) is 42.3 Å². The highest BCUT2D eigenvalue weighted by molar-refractivity contribution is 5.09. The molecule has 1 aliphatic carbocycles. The molecule has 0 bridgehead atoms. The third-order valence-corrected chi connectivity index (χ3v) is 3.43. The van der Waals surface area contributed by atoms with Crippen molar-refractivity contribution in [3.05, 3.63) is 24.0 Å². The van der Waals surface area contributed by atoms with Gasteiger partial charge in [-0.3, -0.25) is 0 Å².